The highest BCUT2D eigenvalue weighted by atomic mass is 32.2. The highest BCUT2D eigenvalue weighted by Crippen LogP contribution is 2.08. The van der Waals surface area contributed by atoms with Crippen molar-refractivity contribution in [2.24, 2.45) is 0 Å². The molecule has 0 heterocycles. The second-order valence-corrected chi connectivity index (χ2v) is 6.96. The maximum Gasteiger partial charge on any atom is 0.215 e. The van der Waals surface area contributed by atoms with E-state index in [1.807, 2.05) is 45.2 Å². The van der Waals surface area contributed by atoms with Gasteiger partial charge in [-0.15, -0.1) is 0 Å². The van der Waals surface area contributed by atoms with Crippen molar-refractivity contribution >= 4 is 10.0 Å². The Bertz CT molecular complexity index is 517. The lowest BCUT2D eigenvalue weighted by Crippen LogP contribution is -2.33. The summed E-state index contributed by atoms with van der Waals surface area (Å²) in [5.74, 6) is 0.0306. The van der Waals surface area contributed by atoms with Gasteiger partial charge in [0.25, 0.3) is 0 Å². The van der Waals surface area contributed by atoms with E-state index in [4.69, 9.17) is 0 Å². The zero-order valence-corrected chi connectivity index (χ0v) is 14.0. The van der Waals surface area contributed by atoms with Crippen molar-refractivity contribution in [3.63, 3.8) is 0 Å². The summed E-state index contributed by atoms with van der Waals surface area (Å²) in [5.41, 5.74) is 1.93. The molecule has 2 N–H and O–H groups in total. The van der Waals surface area contributed by atoms with E-state index in [9.17, 15) is 8.42 Å². The molecule has 0 atom stereocenters. The summed E-state index contributed by atoms with van der Waals surface area (Å²) in [6.45, 7) is 7.83. The maximum atomic E-state index is 12.0. The average molecular weight is 313 g/mol. The molecule has 1 aromatic rings. The molecule has 0 aromatic heterocycles. The lowest BCUT2D eigenvalue weighted by atomic mass is 10.1. The molecule has 0 aliphatic rings. The SMILES string of the molecule is CCNCc1cccc(CS(=O)(=O)NCCN(C)CC)c1. The summed E-state index contributed by atoms with van der Waals surface area (Å²) in [6, 6.07) is 7.71. The van der Waals surface area contributed by atoms with Gasteiger partial charge in [-0.1, -0.05) is 38.1 Å². The number of hydrogen-bond acceptors (Lipinski definition) is 4. The minimum Gasteiger partial charge on any atom is -0.313 e. The Hall–Kier alpha value is -0.950. The first kappa shape index (κ1) is 18.1. The lowest BCUT2D eigenvalue weighted by molar-refractivity contribution is 0.358. The molecule has 0 aliphatic heterocycles. The molecule has 0 saturated carbocycles. The van der Waals surface area contributed by atoms with Crippen molar-refractivity contribution < 1.29 is 8.42 Å². The fraction of sp³-hybridized carbons (Fsp3) is 0.600. The lowest BCUT2D eigenvalue weighted by Gasteiger charge is -2.14. The minimum absolute atomic E-state index is 0.0306. The van der Waals surface area contributed by atoms with E-state index in [0.717, 1.165) is 37.3 Å². The van der Waals surface area contributed by atoms with Gasteiger partial charge in [-0.25, -0.2) is 13.1 Å². The monoisotopic (exact) mass is 313 g/mol. The van der Waals surface area contributed by atoms with Crippen LogP contribution < -0.4 is 10.0 Å². The normalized spacial score (nSPS) is 12.0. The number of nitrogens with one attached hydrogen (secondary N) is 2. The quantitative estimate of drug-likeness (QED) is 0.681. The molecule has 1 rings (SSSR count). The number of sulfonamides is 1. The second kappa shape index (κ2) is 9.15. The van der Waals surface area contributed by atoms with E-state index in [1.165, 1.54) is 0 Å². The summed E-state index contributed by atoms with van der Waals surface area (Å²) in [7, 11) is -1.30. The number of hydrogen-bond donors (Lipinski definition) is 2. The number of rotatable bonds is 10. The molecular weight excluding hydrogens is 286 g/mol. The summed E-state index contributed by atoms with van der Waals surface area (Å²) >= 11 is 0. The van der Waals surface area contributed by atoms with E-state index < -0.39 is 10.0 Å². The maximum absolute atomic E-state index is 12.0. The number of nitrogens with zero attached hydrogens (tertiary/aromatic N) is 1. The van der Waals surface area contributed by atoms with Gasteiger partial charge in [0.15, 0.2) is 0 Å². The minimum atomic E-state index is -3.27. The summed E-state index contributed by atoms with van der Waals surface area (Å²) in [4.78, 5) is 2.07. The third-order valence-corrected chi connectivity index (χ3v) is 4.64. The van der Waals surface area contributed by atoms with Crippen LogP contribution in [0.25, 0.3) is 0 Å². The molecule has 0 radical (unpaired) electrons. The van der Waals surface area contributed by atoms with Gasteiger partial charge in [-0.05, 0) is 31.3 Å². The standard InChI is InChI=1S/C15H27N3O2S/c1-4-16-12-14-7-6-8-15(11-14)13-21(19,20)17-9-10-18(3)5-2/h6-8,11,16-17H,4-5,9-10,12-13H2,1-3H3. The summed E-state index contributed by atoms with van der Waals surface area (Å²) in [6.07, 6.45) is 0. The molecule has 6 heteroatoms. The molecule has 21 heavy (non-hydrogen) atoms. The Morgan fingerprint density at radius 3 is 2.57 bits per heavy atom. The van der Waals surface area contributed by atoms with Crippen LogP contribution in [0.4, 0.5) is 0 Å². The van der Waals surface area contributed by atoms with Crippen LogP contribution in [0.1, 0.15) is 25.0 Å². The molecular formula is C15H27N3O2S. The largest absolute Gasteiger partial charge is 0.313 e. The molecule has 0 unspecified atom stereocenters. The van der Waals surface area contributed by atoms with Gasteiger partial charge in [0.05, 0.1) is 5.75 Å². The first-order valence-corrected chi connectivity index (χ1v) is 9.06. The van der Waals surface area contributed by atoms with Crippen molar-refractivity contribution in [3.05, 3.63) is 35.4 Å². The van der Waals surface area contributed by atoms with Gasteiger partial charge in [0, 0.05) is 19.6 Å². The van der Waals surface area contributed by atoms with Crippen LogP contribution in [-0.4, -0.2) is 46.5 Å². The Kier molecular flexibility index (Phi) is 7.88. The average Bonchev–Trinajstić information content (AvgIpc) is 2.44. The van der Waals surface area contributed by atoms with E-state index >= 15 is 0 Å². The van der Waals surface area contributed by atoms with Crippen LogP contribution in [-0.2, 0) is 22.3 Å². The number of likely N-dealkylation sites (N-methyl/N-ethyl adjacent to an activating group) is 1. The Morgan fingerprint density at radius 2 is 1.90 bits per heavy atom. The van der Waals surface area contributed by atoms with Crippen LogP contribution >= 0.6 is 0 Å². The fourth-order valence-corrected chi connectivity index (χ4v) is 3.04. The van der Waals surface area contributed by atoms with Gasteiger partial charge in [0.1, 0.15) is 0 Å². The predicted molar refractivity (Wildman–Crippen MR) is 87.6 cm³/mol. The molecule has 1 aromatic carbocycles. The first-order valence-electron chi connectivity index (χ1n) is 7.41. The van der Waals surface area contributed by atoms with Crippen LogP contribution in [0.15, 0.2) is 24.3 Å². The Morgan fingerprint density at radius 1 is 1.19 bits per heavy atom. The smallest absolute Gasteiger partial charge is 0.215 e. The molecule has 0 fully saturated rings. The van der Waals surface area contributed by atoms with Crippen molar-refractivity contribution in [2.45, 2.75) is 26.1 Å². The van der Waals surface area contributed by atoms with E-state index in [2.05, 4.69) is 14.9 Å². The molecule has 0 amide bonds. The van der Waals surface area contributed by atoms with Crippen LogP contribution in [0, 0.1) is 0 Å². The van der Waals surface area contributed by atoms with Crippen molar-refractivity contribution in [2.75, 3.05) is 33.2 Å². The van der Waals surface area contributed by atoms with Crippen molar-refractivity contribution in [1.82, 2.24) is 14.9 Å². The second-order valence-electron chi connectivity index (χ2n) is 5.15. The molecule has 120 valence electrons. The Balaban J connectivity index is 2.54. The van der Waals surface area contributed by atoms with Crippen molar-refractivity contribution in [3.8, 4) is 0 Å². The van der Waals surface area contributed by atoms with E-state index in [0.29, 0.717) is 6.54 Å². The zero-order chi connectivity index (χ0) is 15.7. The summed E-state index contributed by atoms with van der Waals surface area (Å²) < 4.78 is 26.8. The fourth-order valence-electron chi connectivity index (χ4n) is 1.92. The highest BCUT2D eigenvalue weighted by molar-refractivity contribution is 7.88. The molecule has 0 aliphatic carbocycles. The molecule has 0 spiro atoms. The third-order valence-electron chi connectivity index (χ3n) is 3.28. The van der Waals surface area contributed by atoms with Gasteiger partial charge in [0.2, 0.25) is 10.0 Å². The number of benzene rings is 1. The van der Waals surface area contributed by atoms with Crippen LogP contribution in [0.5, 0.6) is 0 Å². The van der Waals surface area contributed by atoms with Gasteiger partial charge in [-0.2, -0.15) is 0 Å². The predicted octanol–water partition coefficient (Wildman–Crippen LogP) is 1.17. The highest BCUT2D eigenvalue weighted by Gasteiger charge is 2.11. The van der Waals surface area contributed by atoms with E-state index in [-0.39, 0.29) is 5.75 Å². The van der Waals surface area contributed by atoms with Crippen molar-refractivity contribution in [1.29, 1.82) is 0 Å². The summed E-state index contributed by atoms with van der Waals surface area (Å²) in [5, 5.41) is 3.24. The molecule has 0 bridgehead atoms. The third kappa shape index (κ3) is 7.57. The van der Waals surface area contributed by atoms with E-state index in [1.54, 1.807) is 0 Å². The molecule has 0 saturated heterocycles. The van der Waals surface area contributed by atoms with Gasteiger partial charge >= 0.3 is 0 Å². The Labute approximate surface area is 128 Å². The van der Waals surface area contributed by atoms with Crippen LogP contribution in [0.3, 0.4) is 0 Å². The first-order chi connectivity index (χ1) is 9.96. The van der Waals surface area contributed by atoms with Gasteiger partial charge in [-0.3, -0.25) is 0 Å². The molecule has 5 nitrogen and oxygen atoms in total. The van der Waals surface area contributed by atoms with Crippen LogP contribution in [0.2, 0.25) is 0 Å². The zero-order valence-electron chi connectivity index (χ0n) is 13.2. The topological polar surface area (TPSA) is 61.4 Å². The van der Waals surface area contributed by atoms with Gasteiger partial charge < -0.3 is 10.2 Å².